The monoisotopic (exact) mass is 372 g/mol. The van der Waals surface area contributed by atoms with E-state index in [1.54, 1.807) is 24.4 Å². The number of aryl methyl sites for hydroxylation is 1. The molecule has 0 aliphatic heterocycles. The van der Waals surface area contributed by atoms with Gasteiger partial charge < -0.3 is 5.32 Å². The van der Waals surface area contributed by atoms with E-state index in [0.29, 0.717) is 15.9 Å². The maximum absolute atomic E-state index is 12.0. The molecule has 0 saturated carbocycles. The highest BCUT2D eigenvalue weighted by atomic mass is 79.9. The molecule has 2 rings (SSSR count). The van der Waals surface area contributed by atoms with Crippen LogP contribution in [0.5, 0.6) is 0 Å². The minimum Gasteiger partial charge on any atom is -0.310 e. The second-order valence-corrected chi connectivity index (χ2v) is 6.02. The molecule has 3 nitrogen and oxygen atoms in total. The second-order valence-electron chi connectivity index (χ2n) is 4.29. The van der Waals surface area contributed by atoms with Gasteiger partial charge in [0.1, 0.15) is 5.82 Å². The number of benzene rings is 1. The third kappa shape index (κ3) is 3.95. The maximum Gasteiger partial charge on any atom is 0.229 e. The van der Waals surface area contributed by atoms with Crippen molar-refractivity contribution < 1.29 is 4.79 Å². The first kappa shape index (κ1) is 15.3. The summed E-state index contributed by atoms with van der Waals surface area (Å²) in [6, 6.07) is 7.03. The van der Waals surface area contributed by atoms with E-state index in [1.807, 2.05) is 13.0 Å². The van der Waals surface area contributed by atoms with Gasteiger partial charge in [0.05, 0.1) is 16.5 Å². The molecule has 0 fully saturated rings. The minimum absolute atomic E-state index is 0.152. The van der Waals surface area contributed by atoms with Crippen LogP contribution in [0.15, 0.2) is 34.9 Å². The number of halogens is 3. The predicted molar refractivity (Wildman–Crippen MR) is 85.5 cm³/mol. The van der Waals surface area contributed by atoms with Gasteiger partial charge in [0.25, 0.3) is 0 Å². The van der Waals surface area contributed by atoms with Gasteiger partial charge in [0.2, 0.25) is 5.91 Å². The van der Waals surface area contributed by atoms with Crippen LogP contribution in [-0.4, -0.2) is 10.9 Å². The van der Waals surface area contributed by atoms with Gasteiger partial charge in [-0.05, 0) is 52.2 Å². The number of hydrogen-bond acceptors (Lipinski definition) is 2. The summed E-state index contributed by atoms with van der Waals surface area (Å²) < 4.78 is 0.873. The van der Waals surface area contributed by atoms with Crippen molar-refractivity contribution in [2.24, 2.45) is 0 Å². The number of aromatic nitrogens is 1. The number of rotatable bonds is 3. The Morgan fingerprint density at radius 1 is 1.30 bits per heavy atom. The Morgan fingerprint density at radius 3 is 2.70 bits per heavy atom. The Morgan fingerprint density at radius 2 is 2.05 bits per heavy atom. The third-order valence-electron chi connectivity index (χ3n) is 2.65. The topological polar surface area (TPSA) is 42.0 Å². The van der Waals surface area contributed by atoms with Crippen molar-refractivity contribution in [3.63, 3.8) is 0 Å². The molecule has 0 aliphatic carbocycles. The fourth-order valence-corrected chi connectivity index (χ4v) is 2.45. The summed E-state index contributed by atoms with van der Waals surface area (Å²) in [5.41, 5.74) is 1.69. The molecule has 1 aromatic carbocycles. The average molecular weight is 374 g/mol. The van der Waals surface area contributed by atoms with Crippen molar-refractivity contribution in [1.29, 1.82) is 0 Å². The lowest BCUT2D eigenvalue weighted by Crippen LogP contribution is -2.16. The van der Waals surface area contributed by atoms with Gasteiger partial charge in [-0.3, -0.25) is 4.79 Å². The number of nitrogens with one attached hydrogen (secondary N) is 1. The van der Waals surface area contributed by atoms with Crippen LogP contribution in [0.1, 0.15) is 11.1 Å². The second kappa shape index (κ2) is 6.57. The SMILES string of the molecule is Cc1cc(Br)cnc1NC(=O)Cc1ccc(Cl)c(Cl)c1. The summed E-state index contributed by atoms with van der Waals surface area (Å²) in [5, 5.41) is 3.69. The zero-order valence-electron chi connectivity index (χ0n) is 10.6. The zero-order valence-corrected chi connectivity index (χ0v) is 13.7. The average Bonchev–Trinajstić information content (AvgIpc) is 2.37. The Hall–Kier alpha value is -1.10. The van der Waals surface area contributed by atoms with Gasteiger partial charge in [0.15, 0.2) is 0 Å². The summed E-state index contributed by atoms with van der Waals surface area (Å²) in [5.74, 6) is 0.402. The number of carbonyl (C=O) groups excluding carboxylic acids is 1. The number of anilines is 1. The van der Waals surface area contributed by atoms with Gasteiger partial charge in [-0.2, -0.15) is 0 Å². The number of nitrogens with zero attached hydrogens (tertiary/aromatic N) is 1. The molecule has 20 heavy (non-hydrogen) atoms. The summed E-state index contributed by atoms with van der Waals surface area (Å²) in [4.78, 5) is 16.1. The largest absolute Gasteiger partial charge is 0.310 e. The van der Waals surface area contributed by atoms with Crippen molar-refractivity contribution in [1.82, 2.24) is 4.98 Å². The van der Waals surface area contributed by atoms with E-state index in [0.717, 1.165) is 15.6 Å². The summed E-state index contributed by atoms with van der Waals surface area (Å²) in [7, 11) is 0. The molecule has 0 bridgehead atoms. The van der Waals surface area contributed by atoms with Crippen LogP contribution >= 0.6 is 39.1 Å². The fourth-order valence-electron chi connectivity index (χ4n) is 1.68. The third-order valence-corrected chi connectivity index (χ3v) is 3.82. The van der Waals surface area contributed by atoms with E-state index >= 15 is 0 Å². The molecule has 0 spiro atoms. The molecule has 0 aliphatic rings. The van der Waals surface area contributed by atoms with Crippen molar-refractivity contribution in [3.8, 4) is 0 Å². The highest BCUT2D eigenvalue weighted by Crippen LogP contribution is 2.23. The normalized spacial score (nSPS) is 10.4. The van der Waals surface area contributed by atoms with E-state index in [9.17, 15) is 4.79 Å². The predicted octanol–water partition coefficient (Wildman–Crippen LogP) is 4.64. The number of carbonyl (C=O) groups is 1. The van der Waals surface area contributed by atoms with Crippen molar-refractivity contribution in [2.75, 3.05) is 5.32 Å². The first-order valence-electron chi connectivity index (χ1n) is 5.81. The maximum atomic E-state index is 12.0. The molecule has 1 amide bonds. The van der Waals surface area contributed by atoms with Gasteiger partial charge in [-0.1, -0.05) is 29.3 Å². The van der Waals surface area contributed by atoms with Crippen molar-refractivity contribution in [3.05, 3.63) is 56.1 Å². The fraction of sp³-hybridized carbons (Fsp3) is 0.143. The van der Waals surface area contributed by atoms with E-state index in [-0.39, 0.29) is 12.3 Å². The number of pyridine rings is 1. The molecular weight excluding hydrogens is 363 g/mol. The molecule has 0 unspecified atom stereocenters. The molecule has 0 saturated heterocycles. The summed E-state index contributed by atoms with van der Waals surface area (Å²) in [6.07, 6.45) is 1.86. The summed E-state index contributed by atoms with van der Waals surface area (Å²) in [6.45, 7) is 1.88. The number of amides is 1. The van der Waals surface area contributed by atoms with Crippen LogP contribution in [0.25, 0.3) is 0 Å². The molecular formula is C14H11BrCl2N2O. The molecule has 104 valence electrons. The molecule has 1 aromatic heterocycles. The quantitative estimate of drug-likeness (QED) is 0.851. The van der Waals surface area contributed by atoms with Crippen molar-refractivity contribution >= 4 is 50.9 Å². The number of hydrogen-bond donors (Lipinski definition) is 1. The Balaban J connectivity index is 2.07. The lowest BCUT2D eigenvalue weighted by Gasteiger charge is -2.08. The molecule has 2 aromatic rings. The Labute approximate surface area is 135 Å². The molecule has 0 atom stereocenters. The lowest BCUT2D eigenvalue weighted by atomic mass is 10.1. The zero-order chi connectivity index (χ0) is 14.7. The smallest absolute Gasteiger partial charge is 0.229 e. The standard InChI is InChI=1S/C14H11BrCl2N2O/c1-8-4-10(15)7-18-14(8)19-13(20)6-9-2-3-11(16)12(17)5-9/h2-5,7H,6H2,1H3,(H,18,19,20). The first-order chi connectivity index (χ1) is 9.45. The van der Waals surface area contributed by atoms with Gasteiger partial charge in [0, 0.05) is 10.7 Å². The van der Waals surface area contributed by atoms with E-state index < -0.39 is 0 Å². The van der Waals surface area contributed by atoms with Gasteiger partial charge in [-0.25, -0.2) is 4.98 Å². The highest BCUT2D eigenvalue weighted by Gasteiger charge is 2.08. The van der Waals surface area contributed by atoms with Crippen LogP contribution in [0, 0.1) is 6.92 Å². The molecule has 1 heterocycles. The van der Waals surface area contributed by atoms with Crippen LogP contribution in [0.2, 0.25) is 10.0 Å². The first-order valence-corrected chi connectivity index (χ1v) is 7.36. The Bertz CT molecular complexity index is 662. The van der Waals surface area contributed by atoms with Crippen LogP contribution in [0.4, 0.5) is 5.82 Å². The van der Waals surface area contributed by atoms with Crippen molar-refractivity contribution in [2.45, 2.75) is 13.3 Å². The van der Waals surface area contributed by atoms with Crippen LogP contribution in [0.3, 0.4) is 0 Å². The van der Waals surface area contributed by atoms with Gasteiger partial charge in [-0.15, -0.1) is 0 Å². The van der Waals surface area contributed by atoms with E-state index in [2.05, 4.69) is 26.2 Å². The van der Waals surface area contributed by atoms with Crippen LogP contribution in [-0.2, 0) is 11.2 Å². The molecule has 0 radical (unpaired) electrons. The van der Waals surface area contributed by atoms with Gasteiger partial charge >= 0.3 is 0 Å². The summed E-state index contributed by atoms with van der Waals surface area (Å²) >= 11 is 15.1. The molecule has 1 N–H and O–H groups in total. The van der Waals surface area contributed by atoms with Crippen LogP contribution < -0.4 is 5.32 Å². The molecule has 6 heteroatoms. The highest BCUT2D eigenvalue weighted by molar-refractivity contribution is 9.10. The lowest BCUT2D eigenvalue weighted by molar-refractivity contribution is -0.115. The Kier molecular flexibility index (Phi) is 5.02. The van der Waals surface area contributed by atoms with E-state index in [4.69, 9.17) is 23.2 Å². The van der Waals surface area contributed by atoms with E-state index in [1.165, 1.54) is 0 Å². The minimum atomic E-state index is -0.152.